The topological polar surface area (TPSA) is 0 Å². The van der Waals surface area contributed by atoms with Gasteiger partial charge in [0.25, 0.3) is 0 Å². The van der Waals surface area contributed by atoms with Crippen LogP contribution in [0.5, 0.6) is 0 Å². The molecule has 120 valence electrons. The van der Waals surface area contributed by atoms with Gasteiger partial charge < -0.3 is 0 Å². The van der Waals surface area contributed by atoms with Gasteiger partial charge in [0.2, 0.25) is 0 Å². The van der Waals surface area contributed by atoms with Gasteiger partial charge in [0.15, 0.2) is 0 Å². The van der Waals surface area contributed by atoms with Crippen LogP contribution < -0.4 is 0 Å². The third-order valence-corrected chi connectivity index (χ3v) is 5.03. The molecule has 2 rings (SSSR count). The second kappa shape index (κ2) is 7.21. The van der Waals surface area contributed by atoms with Gasteiger partial charge in [-0.2, -0.15) is 0 Å². The molecule has 0 bridgehead atoms. The van der Waals surface area contributed by atoms with Gasteiger partial charge in [-0.25, -0.2) is 0 Å². The molecule has 0 heterocycles. The standard InChI is InChI=1S/C22H29B/c1-6-17-14-22(4,5)13-12-21(17)19(7-2)16(3)20-11-9-8-10-18(20)15-23/h6-11H,2-3,12-15,23H2,1,4-5H3/b17-6-,21-19-. The molecule has 1 saturated carbocycles. The highest BCUT2D eigenvalue weighted by Crippen LogP contribution is 2.44. The molecule has 0 aliphatic heterocycles. The van der Waals surface area contributed by atoms with Gasteiger partial charge in [-0.1, -0.05) is 69.7 Å². The minimum absolute atomic E-state index is 0.389. The Morgan fingerprint density at radius 2 is 2.00 bits per heavy atom. The maximum absolute atomic E-state index is 4.43. The minimum atomic E-state index is 0.389. The van der Waals surface area contributed by atoms with Crippen molar-refractivity contribution in [2.45, 2.75) is 46.4 Å². The first-order valence-electron chi connectivity index (χ1n) is 8.72. The van der Waals surface area contributed by atoms with E-state index in [-0.39, 0.29) is 0 Å². The fraction of sp³-hybridized carbons (Fsp3) is 0.364. The van der Waals surface area contributed by atoms with Crippen molar-refractivity contribution in [1.82, 2.24) is 0 Å². The van der Waals surface area contributed by atoms with Crippen LogP contribution in [0.4, 0.5) is 0 Å². The van der Waals surface area contributed by atoms with Crippen molar-refractivity contribution in [3.63, 3.8) is 0 Å². The maximum atomic E-state index is 4.43. The molecule has 1 aliphatic rings. The van der Waals surface area contributed by atoms with Crippen LogP contribution in [-0.4, -0.2) is 7.85 Å². The van der Waals surface area contributed by atoms with Gasteiger partial charge in [-0.15, -0.1) is 0 Å². The molecular formula is C22H29B. The second-order valence-electron chi connectivity index (χ2n) is 7.24. The maximum Gasteiger partial charge on any atom is 0.107 e. The van der Waals surface area contributed by atoms with Crippen molar-refractivity contribution in [2.24, 2.45) is 5.41 Å². The first-order valence-corrected chi connectivity index (χ1v) is 8.72. The van der Waals surface area contributed by atoms with Gasteiger partial charge in [-0.05, 0) is 65.0 Å². The summed E-state index contributed by atoms with van der Waals surface area (Å²) in [4.78, 5) is 0. The number of allylic oxidation sites excluding steroid dienone is 6. The smallest absolute Gasteiger partial charge is 0.0984 e. The Kier molecular flexibility index (Phi) is 5.52. The lowest BCUT2D eigenvalue weighted by molar-refractivity contribution is 0.313. The largest absolute Gasteiger partial charge is 0.107 e. The van der Waals surface area contributed by atoms with Crippen molar-refractivity contribution in [2.75, 3.05) is 0 Å². The van der Waals surface area contributed by atoms with Crippen molar-refractivity contribution in [3.05, 3.63) is 77.4 Å². The molecule has 1 fully saturated rings. The van der Waals surface area contributed by atoms with Crippen LogP contribution in [0.3, 0.4) is 0 Å². The average Bonchev–Trinajstić information content (AvgIpc) is 2.55. The van der Waals surface area contributed by atoms with Crippen molar-refractivity contribution in [3.8, 4) is 0 Å². The predicted octanol–water partition coefficient (Wildman–Crippen LogP) is 5.47. The summed E-state index contributed by atoms with van der Waals surface area (Å²) in [7, 11) is 2.20. The third-order valence-electron chi connectivity index (χ3n) is 5.03. The summed E-state index contributed by atoms with van der Waals surface area (Å²) in [6.07, 6.45) is 8.78. The molecule has 0 N–H and O–H groups in total. The van der Waals surface area contributed by atoms with Crippen molar-refractivity contribution >= 4 is 13.4 Å². The van der Waals surface area contributed by atoms with Gasteiger partial charge >= 0.3 is 0 Å². The zero-order valence-corrected chi connectivity index (χ0v) is 15.2. The van der Waals surface area contributed by atoms with Crippen molar-refractivity contribution < 1.29 is 0 Å². The molecule has 0 radical (unpaired) electrons. The highest BCUT2D eigenvalue weighted by atomic mass is 14.3. The van der Waals surface area contributed by atoms with E-state index in [2.05, 4.69) is 72.1 Å². The zero-order chi connectivity index (χ0) is 17.0. The highest BCUT2D eigenvalue weighted by Gasteiger charge is 2.28. The summed E-state index contributed by atoms with van der Waals surface area (Å²) in [5, 5.41) is 0. The molecule has 0 nitrogen and oxygen atoms in total. The molecule has 1 aromatic carbocycles. The molecule has 1 aliphatic carbocycles. The normalized spacial score (nSPS) is 21.1. The summed E-state index contributed by atoms with van der Waals surface area (Å²) in [6, 6.07) is 8.60. The van der Waals surface area contributed by atoms with Gasteiger partial charge in [0.1, 0.15) is 7.85 Å². The summed E-state index contributed by atoms with van der Waals surface area (Å²) < 4.78 is 0. The van der Waals surface area contributed by atoms with E-state index in [1.165, 1.54) is 34.3 Å². The second-order valence-corrected chi connectivity index (χ2v) is 7.24. The summed E-state index contributed by atoms with van der Waals surface area (Å²) >= 11 is 0. The number of rotatable bonds is 4. The van der Waals surface area contributed by atoms with Crippen LogP contribution in [0.1, 0.15) is 51.2 Å². The number of hydrogen-bond donors (Lipinski definition) is 0. The Bertz CT molecular complexity index is 671. The van der Waals surface area contributed by atoms with Crippen LogP contribution in [0, 0.1) is 5.41 Å². The summed E-state index contributed by atoms with van der Waals surface area (Å²) in [5.41, 5.74) is 8.26. The Labute approximate surface area is 143 Å². The fourth-order valence-corrected chi connectivity index (χ4v) is 3.62. The van der Waals surface area contributed by atoms with E-state index in [9.17, 15) is 0 Å². The molecule has 0 unspecified atom stereocenters. The Hall–Kier alpha value is -1.76. The molecular weight excluding hydrogens is 275 g/mol. The third kappa shape index (κ3) is 3.78. The number of hydrogen-bond acceptors (Lipinski definition) is 0. The van der Waals surface area contributed by atoms with E-state index in [4.69, 9.17) is 0 Å². The van der Waals surface area contributed by atoms with Gasteiger partial charge in [0, 0.05) is 0 Å². The fourth-order valence-electron chi connectivity index (χ4n) is 3.62. The van der Waals surface area contributed by atoms with Gasteiger partial charge in [-0.3, -0.25) is 0 Å². The molecule has 0 saturated heterocycles. The minimum Gasteiger partial charge on any atom is -0.0984 e. The summed E-state index contributed by atoms with van der Waals surface area (Å²) in [6.45, 7) is 15.4. The summed E-state index contributed by atoms with van der Waals surface area (Å²) in [5.74, 6) is 0. The Morgan fingerprint density at radius 3 is 2.61 bits per heavy atom. The van der Waals surface area contributed by atoms with Crippen LogP contribution in [0.25, 0.3) is 5.57 Å². The van der Waals surface area contributed by atoms with E-state index in [0.29, 0.717) is 5.41 Å². The van der Waals surface area contributed by atoms with Crippen LogP contribution in [0.2, 0.25) is 0 Å². The highest BCUT2D eigenvalue weighted by molar-refractivity contribution is 6.08. The van der Waals surface area contributed by atoms with Crippen molar-refractivity contribution in [1.29, 1.82) is 0 Å². The molecule has 0 aromatic heterocycles. The zero-order valence-electron chi connectivity index (χ0n) is 15.2. The van der Waals surface area contributed by atoms with Gasteiger partial charge in [0.05, 0.1) is 0 Å². The lowest BCUT2D eigenvalue weighted by atomic mass is 9.70. The molecule has 0 amide bonds. The van der Waals surface area contributed by atoms with E-state index in [0.717, 1.165) is 24.7 Å². The lowest BCUT2D eigenvalue weighted by Gasteiger charge is -2.34. The molecule has 1 heteroatoms. The Morgan fingerprint density at radius 1 is 1.30 bits per heavy atom. The van der Waals surface area contributed by atoms with E-state index in [1.54, 1.807) is 0 Å². The molecule has 0 atom stereocenters. The Balaban J connectivity index is 2.50. The monoisotopic (exact) mass is 304 g/mol. The quantitative estimate of drug-likeness (QED) is 0.647. The average molecular weight is 304 g/mol. The molecule has 23 heavy (non-hydrogen) atoms. The SMILES string of the molecule is BCc1ccccc1C(=C)/C(C=C)=C1/CCC(C)(C)C/C1=C/C. The number of benzene rings is 1. The molecule has 0 spiro atoms. The van der Waals surface area contributed by atoms with Crippen LogP contribution in [0.15, 0.2) is 66.3 Å². The van der Waals surface area contributed by atoms with E-state index >= 15 is 0 Å². The van der Waals surface area contributed by atoms with E-state index < -0.39 is 0 Å². The molecule has 1 aromatic rings. The predicted molar refractivity (Wildman–Crippen MR) is 106 cm³/mol. The van der Waals surface area contributed by atoms with Crippen LogP contribution >= 0.6 is 0 Å². The lowest BCUT2D eigenvalue weighted by Crippen LogP contribution is -2.19. The van der Waals surface area contributed by atoms with E-state index in [1.807, 2.05) is 6.08 Å². The first-order chi connectivity index (χ1) is 10.9. The first kappa shape index (κ1) is 17.6. The van der Waals surface area contributed by atoms with Crippen LogP contribution in [-0.2, 0) is 6.32 Å².